The summed E-state index contributed by atoms with van der Waals surface area (Å²) in [6, 6.07) is 8.34. The van der Waals surface area contributed by atoms with Gasteiger partial charge in [-0.1, -0.05) is 44.4 Å². The van der Waals surface area contributed by atoms with E-state index < -0.39 is 0 Å². The van der Waals surface area contributed by atoms with Crippen molar-refractivity contribution in [3.8, 4) is 0 Å². The fourth-order valence-electron chi connectivity index (χ4n) is 4.23. The Morgan fingerprint density at radius 3 is 2.70 bits per heavy atom. The lowest BCUT2D eigenvalue weighted by molar-refractivity contribution is -0.118. The monoisotopic (exact) mass is 291 g/mol. The third-order valence-corrected chi connectivity index (χ3v) is 5.25. The summed E-state index contributed by atoms with van der Waals surface area (Å²) in [5.41, 5.74) is 2.40. The van der Waals surface area contributed by atoms with Gasteiger partial charge in [0.15, 0.2) is 0 Å². The van der Waals surface area contributed by atoms with E-state index in [-0.39, 0.29) is 17.3 Å². The van der Waals surface area contributed by atoms with Crippen molar-refractivity contribution in [2.24, 2.45) is 0 Å². The average Bonchev–Trinajstić information content (AvgIpc) is 2.48. The van der Waals surface area contributed by atoms with Crippen molar-refractivity contribution in [1.29, 1.82) is 0 Å². The molecule has 108 valence electrons. The Morgan fingerprint density at radius 2 is 2.00 bits per heavy atom. The van der Waals surface area contributed by atoms with Gasteiger partial charge in [0.1, 0.15) is 5.88 Å². The molecule has 1 fully saturated rings. The number of rotatable bonds is 1. The minimum atomic E-state index is 0.0119. The van der Waals surface area contributed by atoms with Gasteiger partial charge in [0.2, 0.25) is 5.91 Å². The molecule has 0 saturated heterocycles. The zero-order valence-corrected chi connectivity index (χ0v) is 12.8. The molecule has 1 aliphatic carbocycles. The maximum Gasteiger partial charge on any atom is 0.242 e. The lowest BCUT2D eigenvalue weighted by Gasteiger charge is -2.52. The zero-order chi connectivity index (χ0) is 14.2. The Balaban J connectivity index is 2.10. The molecular formula is C17H22ClNO. The van der Waals surface area contributed by atoms with Crippen molar-refractivity contribution < 1.29 is 4.79 Å². The molecule has 1 aromatic carbocycles. The van der Waals surface area contributed by atoms with Gasteiger partial charge in [-0.15, -0.1) is 11.6 Å². The number of nitrogens with zero attached hydrogens (tertiary/aromatic N) is 1. The molecule has 0 aromatic heterocycles. The molecule has 0 N–H and O–H groups in total. The molecule has 1 atom stereocenters. The summed E-state index contributed by atoms with van der Waals surface area (Å²) in [5, 5.41) is 0. The first-order valence-electron chi connectivity index (χ1n) is 7.66. The van der Waals surface area contributed by atoms with Crippen LogP contribution >= 0.6 is 11.6 Å². The van der Waals surface area contributed by atoms with Gasteiger partial charge in [0, 0.05) is 11.2 Å². The van der Waals surface area contributed by atoms with E-state index in [4.69, 9.17) is 11.6 Å². The van der Waals surface area contributed by atoms with Crippen molar-refractivity contribution in [2.75, 3.05) is 10.8 Å². The molecule has 1 spiro atoms. The van der Waals surface area contributed by atoms with Crippen LogP contribution in [0.3, 0.4) is 0 Å². The van der Waals surface area contributed by atoms with E-state index >= 15 is 0 Å². The highest BCUT2D eigenvalue weighted by molar-refractivity contribution is 6.29. The first-order valence-corrected chi connectivity index (χ1v) is 8.19. The molecule has 1 saturated carbocycles. The molecule has 1 amide bonds. The SMILES string of the molecule is CC1CC2(CCCCC2)N(C(=O)CCl)c2ccccc21. The van der Waals surface area contributed by atoms with Crippen LogP contribution in [0, 0.1) is 0 Å². The second-order valence-corrected chi connectivity index (χ2v) is 6.58. The van der Waals surface area contributed by atoms with E-state index in [1.807, 2.05) is 6.07 Å². The van der Waals surface area contributed by atoms with Gasteiger partial charge in [-0.3, -0.25) is 4.79 Å². The van der Waals surface area contributed by atoms with Crippen molar-refractivity contribution >= 4 is 23.2 Å². The second-order valence-electron chi connectivity index (χ2n) is 6.31. The fourth-order valence-corrected chi connectivity index (χ4v) is 4.35. The standard InChI is InChI=1S/C17H22ClNO/c1-13-11-17(9-5-2-6-10-17)19(16(20)12-18)15-8-4-3-7-14(13)15/h3-4,7-8,13H,2,5-6,9-12H2,1H3. The Kier molecular flexibility index (Phi) is 3.76. The van der Waals surface area contributed by atoms with Crippen molar-refractivity contribution in [2.45, 2.75) is 56.9 Å². The molecule has 2 aliphatic rings. The first-order chi connectivity index (χ1) is 9.68. The van der Waals surface area contributed by atoms with Crippen LogP contribution in [-0.4, -0.2) is 17.3 Å². The number of hydrogen-bond acceptors (Lipinski definition) is 1. The van der Waals surface area contributed by atoms with Crippen LogP contribution in [0.2, 0.25) is 0 Å². The highest BCUT2D eigenvalue weighted by Gasteiger charge is 2.46. The predicted octanol–water partition coefficient (Wildman–Crippen LogP) is 4.47. The molecule has 0 radical (unpaired) electrons. The summed E-state index contributed by atoms with van der Waals surface area (Å²) in [7, 11) is 0. The van der Waals surface area contributed by atoms with Crippen LogP contribution in [0.1, 0.15) is 56.9 Å². The molecule has 3 rings (SSSR count). The Labute approximate surface area is 126 Å². The lowest BCUT2D eigenvalue weighted by atomic mass is 9.70. The van der Waals surface area contributed by atoms with E-state index in [9.17, 15) is 4.79 Å². The fraction of sp³-hybridized carbons (Fsp3) is 0.588. The summed E-state index contributed by atoms with van der Waals surface area (Å²) in [6.07, 6.45) is 7.05. The van der Waals surface area contributed by atoms with Gasteiger partial charge < -0.3 is 4.90 Å². The van der Waals surface area contributed by atoms with E-state index in [1.165, 1.54) is 24.8 Å². The quantitative estimate of drug-likeness (QED) is 0.699. The van der Waals surface area contributed by atoms with Crippen LogP contribution in [0.5, 0.6) is 0 Å². The number of hydrogen-bond donors (Lipinski definition) is 0. The van der Waals surface area contributed by atoms with Crippen LogP contribution in [0.4, 0.5) is 5.69 Å². The highest BCUT2D eigenvalue weighted by Crippen LogP contribution is 2.49. The topological polar surface area (TPSA) is 20.3 Å². The molecule has 2 nitrogen and oxygen atoms in total. The van der Waals surface area contributed by atoms with E-state index in [0.717, 1.165) is 24.9 Å². The molecule has 20 heavy (non-hydrogen) atoms. The Bertz CT molecular complexity index is 507. The molecule has 1 aromatic rings. The Morgan fingerprint density at radius 1 is 1.30 bits per heavy atom. The minimum Gasteiger partial charge on any atom is -0.305 e. The van der Waals surface area contributed by atoms with Gasteiger partial charge in [0.25, 0.3) is 0 Å². The minimum absolute atomic E-state index is 0.0119. The first kappa shape index (κ1) is 13.9. The number of carbonyl (C=O) groups is 1. The highest BCUT2D eigenvalue weighted by atomic mass is 35.5. The number of alkyl halides is 1. The van der Waals surface area contributed by atoms with Crippen LogP contribution < -0.4 is 4.90 Å². The third kappa shape index (κ3) is 2.14. The molecule has 3 heteroatoms. The lowest BCUT2D eigenvalue weighted by Crippen LogP contribution is -2.56. The summed E-state index contributed by atoms with van der Waals surface area (Å²) < 4.78 is 0. The summed E-state index contributed by atoms with van der Waals surface area (Å²) in [5.74, 6) is 0.654. The van der Waals surface area contributed by atoms with Crippen LogP contribution in [-0.2, 0) is 4.79 Å². The number of amides is 1. The van der Waals surface area contributed by atoms with Gasteiger partial charge in [-0.05, 0) is 36.8 Å². The maximum absolute atomic E-state index is 12.5. The van der Waals surface area contributed by atoms with E-state index in [0.29, 0.717) is 5.92 Å². The van der Waals surface area contributed by atoms with Crippen molar-refractivity contribution in [3.63, 3.8) is 0 Å². The molecule has 0 bridgehead atoms. The van der Waals surface area contributed by atoms with E-state index in [1.54, 1.807) is 0 Å². The third-order valence-electron chi connectivity index (χ3n) is 5.02. The molecule has 1 aliphatic heterocycles. The van der Waals surface area contributed by atoms with Crippen LogP contribution in [0.15, 0.2) is 24.3 Å². The number of carbonyl (C=O) groups excluding carboxylic acids is 1. The molecule has 1 unspecified atom stereocenters. The van der Waals surface area contributed by atoms with Crippen LogP contribution in [0.25, 0.3) is 0 Å². The van der Waals surface area contributed by atoms with Gasteiger partial charge in [0.05, 0.1) is 0 Å². The number of fused-ring (bicyclic) bond motifs is 1. The van der Waals surface area contributed by atoms with E-state index in [2.05, 4.69) is 30.0 Å². The molecule has 1 heterocycles. The predicted molar refractivity (Wildman–Crippen MR) is 83.5 cm³/mol. The number of para-hydroxylation sites is 1. The summed E-state index contributed by atoms with van der Waals surface area (Å²) in [4.78, 5) is 14.6. The summed E-state index contributed by atoms with van der Waals surface area (Å²) in [6.45, 7) is 2.29. The summed E-state index contributed by atoms with van der Waals surface area (Å²) >= 11 is 5.90. The van der Waals surface area contributed by atoms with Crippen molar-refractivity contribution in [1.82, 2.24) is 0 Å². The molecular weight excluding hydrogens is 270 g/mol. The van der Waals surface area contributed by atoms with Gasteiger partial charge >= 0.3 is 0 Å². The van der Waals surface area contributed by atoms with Crippen molar-refractivity contribution in [3.05, 3.63) is 29.8 Å². The van der Waals surface area contributed by atoms with Gasteiger partial charge in [-0.2, -0.15) is 0 Å². The largest absolute Gasteiger partial charge is 0.305 e. The normalized spacial score (nSPS) is 24.5. The number of anilines is 1. The average molecular weight is 292 g/mol. The zero-order valence-electron chi connectivity index (χ0n) is 12.1. The number of benzene rings is 1. The smallest absolute Gasteiger partial charge is 0.242 e. The maximum atomic E-state index is 12.5. The second kappa shape index (κ2) is 5.40. The van der Waals surface area contributed by atoms with Gasteiger partial charge in [-0.25, -0.2) is 0 Å². The Hall–Kier alpha value is -1.02. The number of halogens is 1.